The van der Waals surface area contributed by atoms with Crippen molar-refractivity contribution >= 4 is 28.3 Å². The Bertz CT molecular complexity index is 563. The summed E-state index contributed by atoms with van der Waals surface area (Å²) >= 11 is 6.09. The topological polar surface area (TPSA) is 16.1 Å². The lowest BCUT2D eigenvalue weighted by molar-refractivity contribution is 0.806. The number of hydrogen-bond donors (Lipinski definition) is 0. The van der Waals surface area contributed by atoms with Gasteiger partial charge >= 0.3 is 0 Å². The molecule has 1 aliphatic rings. The van der Waals surface area contributed by atoms with Crippen LogP contribution in [0.25, 0.3) is 10.9 Å². The van der Waals surface area contributed by atoms with Crippen molar-refractivity contribution in [3.63, 3.8) is 0 Å². The lowest BCUT2D eigenvalue weighted by atomic mass is 10.1. The second-order valence-corrected chi connectivity index (χ2v) is 5.08. The van der Waals surface area contributed by atoms with Gasteiger partial charge in [0, 0.05) is 23.5 Å². The van der Waals surface area contributed by atoms with Crippen LogP contribution in [0.15, 0.2) is 30.3 Å². The van der Waals surface area contributed by atoms with Gasteiger partial charge in [0.1, 0.15) is 5.82 Å². The fraction of sp³-hybridized carbons (Fsp3) is 0.400. The summed E-state index contributed by atoms with van der Waals surface area (Å²) in [4.78, 5) is 7.21. The molecule has 1 saturated carbocycles. The van der Waals surface area contributed by atoms with E-state index >= 15 is 0 Å². The van der Waals surface area contributed by atoms with Crippen LogP contribution in [0.3, 0.4) is 0 Å². The van der Waals surface area contributed by atoms with Crippen LogP contribution in [-0.2, 0) is 5.88 Å². The Kier molecular flexibility index (Phi) is 3.13. The molecule has 94 valence electrons. The molecule has 2 nitrogen and oxygen atoms in total. The normalized spacial score (nSPS) is 15.0. The second kappa shape index (κ2) is 4.77. The molecule has 2 aromatic rings. The molecule has 3 heteroatoms. The molecule has 1 aromatic heterocycles. The molecule has 0 spiro atoms. The van der Waals surface area contributed by atoms with Crippen LogP contribution in [0.4, 0.5) is 5.82 Å². The fourth-order valence-corrected chi connectivity index (χ4v) is 2.66. The zero-order chi connectivity index (χ0) is 12.5. The van der Waals surface area contributed by atoms with Gasteiger partial charge in [0.15, 0.2) is 0 Å². The largest absolute Gasteiger partial charge is 0.354 e. The molecule has 1 heterocycles. The Morgan fingerprint density at radius 2 is 2.11 bits per heavy atom. The molecule has 0 unspecified atom stereocenters. The summed E-state index contributed by atoms with van der Waals surface area (Å²) in [5.74, 6) is 1.60. The fourth-order valence-electron chi connectivity index (χ4n) is 2.46. The molecule has 1 aromatic carbocycles. The zero-order valence-electron chi connectivity index (χ0n) is 10.6. The van der Waals surface area contributed by atoms with Crippen molar-refractivity contribution in [2.75, 3.05) is 11.4 Å². The minimum atomic E-state index is 0.524. The van der Waals surface area contributed by atoms with Crippen LogP contribution in [0.5, 0.6) is 0 Å². The minimum Gasteiger partial charge on any atom is -0.354 e. The van der Waals surface area contributed by atoms with Crippen LogP contribution < -0.4 is 4.90 Å². The summed E-state index contributed by atoms with van der Waals surface area (Å²) in [5.41, 5.74) is 2.20. The quantitative estimate of drug-likeness (QED) is 0.774. The van der Waals surface area contributed by atoms with Crippen LogP contribution in [0.2, 0.25) is 0 Å². The predicted octanol–water partition coefficient (Wildman–Crippen LogP) is 3.96. The Morgan fingerprint density at radius 1 is 1.33 bits per heavy atom. The van der Waals surface area contributed by atoms with E-state index in [-0.39, 0.29) is 0 Å². The van der Waals surface area contributed by atoms with Gasteiger partial charge in [-0.25, -0.2) is 4.98 Å². The smallest absolute Gasteiger partial charge is 0.133 e. The van der Waals surface area contributed by atoms with Gasteiger partial charge in [0.25, 0.3) is 0 Å². The summed E-state index contributed by atoms with van der Waals surface area (Å²) in [5, 5.41) is 1.17. The monoisotopic (exact) mass is 260 g/mol. The van der Waals surface area contributed by atoms with Crippen molar-refractivity contribution in [3.05, 3.63) is 35.9 Å². The number of para-hydroxylation sites is 1. The van der Waals surface area contributed by atoms with Crippen molar-refractivity contribution in [2.45, 2.75) is 31.7 Å². The molecular weight excluding hydrogens is 244 g/mol. The maximum absolute atomic E-state index is 6.09. The average molecular weight is 261 g/mol. The molecule has 0 N–H and O–H groups in total. The molecule has 0 radical (unpaired) electrons. The molecule has 0 aliphatic heterocycles. The summed E-state index contributed by atoms with van der Waals surface area (Å²) in [6.07, 6.45) is 2.56. The lowest BCUT2D eigenvalue weighted by Gasteiger charge is -2.24. The highest BCUT2D eigenvalue weighted by Gasteiger charge is 2.30. The molecule has 18 heavy (non-hydrogen) atoms. The van der Waals surface area contributed by atoms with Crippen LogP contribution >= 0.6 is 11.6 Å². The first-order valence-electron chi connectivity index (χ1n) is 6.54. The molecule has 3 rings (SSSR count). The summed E-state index contributed by atoms with van der Waals surface area (Å²) < 4.78 is 0. The zero-order valence-corrected chi connectivity index (χ0v) is 11.3. The lowest BCUT2D eigenvalue weighted by Crippen LogP contribution is -2.27. The number of nitrogens with zero attached hydrogens (tertiary/aromatic N) is 2. The highest BCUT2D eigenvalue weighted by atomic mass is 35.5. The van der Waals surface area contributed by atoms with Gasteiger partial charge in [-0.2, -0.15) is 0 Å². The summed E-state index contributed by atoms with van der Waals surface area (Å²) in [6, 6.07) is 11.1. The van der Waals surface area contributed by atoms with E-state index in [9.17, 15) is 0 Å². The third-order valence-corrected chi connectivity index (χ3v) is 3.81. The number of aromatic nitrogens is 1. The van der Waals surface area contributed by atoms with E-state index in [2.05, 4.69) is 30.0 Å². The molecule has 0 atom stereocenters. The maximum Gasteiger partial charge on any atom is 0.133 e. The van der Waals surface area contributed by atoms with E-state index in [0.717, 1.165) is 23.4 Å². The molecule has 0 amide bonds. The maximum atomic E-state index is 6.09. The standard InChI is InChI=1S/C15H17ClN2/c1-2-18(13-7-8-13)15-12(10-16)9-11-5-3-4-6-14(11)17-15/h3-6,9,13H,2,7-8,10H2,1H3. The molecular formula is C15H17ClN2. The van der Waals surface area contributed by atoms with Crippen molar-refractivity contribution in [2.24, 2.45) is 0 Å². The molecule has 1 aliphatic carbocycles. The molecule has 0 bridgehead atoms. The van der Waals surface area contributed by atoms with E-state index in [0.29, 0.717) is 11.9 Å². The Hall–Kier alpha value is -1.28. The Morgan fingerprint density at radius 3 is 2.78 bits per heavy atom. The van der Waals surface area contributed by atoms with Crippen LogP contribution in [-0.4, -0.2) is 17.6 Å². The predicted molar refractivity (Wildman–Crippen MR) is 77.3 cm³/mol. The van der Waals surface area contributed by atoms with Crippen molar-refractivity contribution in [3.8, 4) is 0 Å². The van der Waals surface area contributed by atoms with Gasteiger partial charge in [-0.1, -0.05) is 18.2 Å². The van der Waals surface area contributed by atoms with Crippen LogP contribution in [0.1, 0.15) is 25.3 Å². The minimum absolute atomic E-state index is 0.524. The first kappa shape index (κ1) is 11.8. The van der Waals surface area contributed by atoms with Gasteiger partial charge in [-0.05, 0) is 31.9 Å². The summed E-state index contributed by atoms with van der Waals surface area (Å²) in [7, 11) is 0. The van der Waals surface area contributed by atoms with Gasteiger partial charge in [0.05, 0.1) is 11.4 Å². The third kappa shape index (κ3) is 2.05. The van der Waals surface area contributed by atoms with E-state index in [1.54, 1.807) is 0 Å². The first-order valence-corrected chi connectivity index (χ1v) is 7.08. The van der Waals surface area contributed by atoms with Crippen molar-refractivity contribution in [1.29, 1.82) is 0 Å². The number of pyridine rings is 1. The highest BCUT2D eigenvalue weighted by molar-refractivity contribution is 6.17. The molecule has 1 fully saturated rings. The van der Waals surface area contributed by atoms with Crippen molar-refractivity contribution < 1.29 is 0 Å². The van der Waals surface area contributed by atoms with Gasteiger partial charge < -0.3 is 4.90 Å². The Balaban J connectivity index is 2.13. The van der Waals surface area contributed by atoms with Crippen LogP contribution in [0, 0.1) is 0 Å². The van der Waals surface area contributed by atoms with Gasteiger partial charge in [-0.15, -0.1) is 11.6 Å². The van der Waals surface area contributed by atoms with E-state index < -0.39 is 0 Å². The van der Waals surface area contributed by atoms with E-state index in [4.69, 9.17) is 16.6 Å². The SMILES string of the molecule is CCN(c1nc2ccccc2cc1CCl)C1CC1. The Labute approximate surface area is 113 Å². The average Bonchev–Trinajstić information content (AvgIpc) is 3.23. The number of fused-ring (bicyclic) bond motifs is 1. The number of alkyl halides is 1. The van der Waals surface area contributed by atoms with Crippen molar-refractivity contribution in [1.82, 2.24) is 4.98 Å². The number of anilines is 1. The highest BCUT2D eigenvalue weighted by Crippen LogP contribution is 2.34. The van der Waals surface area contributed by atoms with E-state index in [1.807, 2.05) is 12.1 Å². The second-order valence-electron chi connectivity index (χ2n) is 4.81. The first-order chi connectivity index (χ1) is 8.83. The van der Waals surface area contributed by atoms with Gasteiger partial charge in [0.2, 0.25) is 0 Å². The van der Waals surface area contributed by atoms with E-state index in [1.165, 1.54) is 18.2 Å². The number of hydrogen-bond acceptors (Lipinski definition) is 2. The number of rotatable bonds is 4. The number of halogens is 1. The number of benzene rings is 1. The van der Waals surface area contributed by atoms with Gasteiger partial charge in [-0.3, -0.25) is 0 Å². The molecule has 0 saturated heterocycles. The third-order valence-electron chi connectivity index (χ3n) is 3.52. The summed E-state index contributed by atoms with van der Waals surface area (Å²) in [6.45, 7) is 3.19.